The second-order valence-electron chi connectivity index (χ2n) is 6.94. The Morgan fingerprint density at radius 3 is 2.45 bits per heavy atom. The van der Waals surface area contributed by atoms with E-state index in [0.29, 0.717) is 37.4 Å². The number of nitrogens with zero attached hydrogens (tertiary/aromatic N) is 1. The molecule has 0 radical (unpaired) electrons. The van der Waals surface area contributed by atoms with E-state index in [9.17, 15) is 9.59 Å². The lowest BCUT2D eigenvalue weighted by Crippen LogP contribution is -2.49. The third-order valence-corrected chi connectivity index (χ3v) is 6.04. The van der Waals surface area contributed by atoms with Crippen LogP contribution < -0.4 is 10.1 Å². The van der Waals surface area contributed by atoms with Gasteiger partial charge in [0.2, 0.25) is 5.91 Å². The predicted molar refractivity (Wildman–Crippen MR) is 129 cm³/mol. The average molecular weight is 551 g/mol. The van der Waals surface area contributed by atoms with Gasteiger partial charge in [0.05, 0.1) is 4.47 Å². The van der Waals surface area contributed by atoms with Crippen molar-refractivity contribution < 1.29 is 14.3 Å². The number of carbonyl (C=O) groups excluding carboxylic acids is 2. The molecule has 0 aliphatic carbocycles. The van der Waals surface area contributed by atoms with Gasteiger partial charge in [-0.15, -0.1) is 0 Å². The highest BCUT2D eigenvalue weighted by Gasteiger charge is 2.27. The van der Waals surface area contributed by atoms with E-state index in [0.717, 1.165) is 12.8 Å². The van der Waals surface area contributed by atoms with Crippen LogP contribution >= 0.6 is 50.7 Å². The lowest BCUT2D eigenvalue weighted by Gasteiger charge is -2.29. The van der Waals surface area contributed by atoms with Crippen LogP contribution in [0.2, 0.25) is 15.1 Å². The van der Waals surface area contributed by atoms with E-state index in [-0.39, 0.29) is 25.0 Å². The van der Waals surface area contributed by atoms with Crippen molar-refractivity contribution in [3.8, 4) is 5.75 Å². The fourth-order valence-electron chi connectivity index (χ4n) is 2.77. The summed E-state index contributed by atoms with van der Waals surface area (Å²) in [5.74, 6) is -0.118. The minimum Gasteiger partial charge on any atom is -0.483 e. The van der Waals surface area contributed by atoms with Crippen molar-refractivity contribution >= 4 is 62.5 Å². The van der Waals surface area contributed by atoms with Gasteiger partial charge in [0.25, 0.3) is 5.91 Å². The van der Waals surface area contributed by atoms with Gasteiger partial charge in [-0.2, -0.15) is 0 Å². The topological polar surface area (TPSA) is 58.6 Å². The van der Waals surface area contributed by atoms with Gasteiger partial charge in [-0.3, -0.25) is 9.59 Å². The number of carbonyl (C=O) groups is 2. The minimum atomic E-state index is -0.714. The summed E-state index contributed by atoms with van der Waals surface area (Å²) in [5, 5.41) is 4.33. The van der Waals surface area contributed by atoms with E-state index >= 15 is 0 Å². The standard InChI is InChI=1S/C22H24BrCl3N2O3/c1-3-4-9-27-22(30)14(2)28(12-15-5-6-17(25)11-19(15)26)21(29)13-31-20-8-7-16(24)10-18(20)23/h5-8,10-11,14H,3-4,9,12-13H2,1-2H3,(H,27,30). The van der Waals surface area contributed by atoms with Crippen molar-refractivity contribution in [3.63, 3.8) is 0 Å². The molecule has 0 saturated heterocycles. The van der Waals surface area contributed by atoms with Crippen LogP contribution in [-0.4, -0.2) is 35.9 Å². The van der Waals surface area contributed by atoms with Crippen molar-refractivity contribution in [3.05, 3.63) is 61.5 Å². The largest absolute Gasteiger partial charge is 0.483 e. The highest BCUT2D eigenvalue weighted by atomic mass is 79.9. The van der Waals surface area contributed by atoms with Crippen LogP contribution in [0, 0.1) is 0 Å². The van der Waals surface area contributed by atoms with Crippen LogP contribution in [-0.2, 0) is 16.1 Å². The van der Waals surface area contributed by atoms with Crippen LogP contribution in [0.15, 0.2) is 40.9 Å². The Balaban J connectivity index is 2.18. The van der Waals surface area contributed by atoms with Crippen molar-refractivity contribution in [2.45, 2.75) is 39.3 Å². The average Bonchev–Trinajstić information content (AvgIpc) is 2.72. The monoisotopic (exact) mass is 548 g/mol. The third-order valence-electron chi connectivity index (χ3n) is 4.60. The molecular weight excluding hydrogens is 527 g/mol. The van der Waals surface area contributed by atoms with Crippen LogP contribution in [0.5, 0.6) is 5.75 Å². The zero-order valence-electron chi connectivity index (χ0n) is 17.3. The van der Waals surface area contributed by atoms with Crippen molar-refractivity contribution in [1.82, 2.24) is 10.2 Å². The summed E-state index contributed by atoms with van der Waals surface area (Å²) in [5.41, 5.74) is 0.681. The first kappa shape index (κ1) is 25.8. The molecule has 0 heterocycles. The first-order valence-corrected chi connectivity index (χ1v) is 11.7. The zero-order valence-corrected chi connectivity index (χ0v) is 21.1. The number of hydrogen-bond donors (Lipinski definition) is 1. The first-order valence-electron chi connectivity index (χ1n) is 9.81. The molecule has 1 N–H and O–H groups in total. The predicted octanol–water partition coefficient (Wildman–Crippen LogP) is 6.12. The molecule has 0 bridgehead atoms. The molecule has 2 amide bonds. The lowest BCUT2D eigenvalue weighted by molar-refractivity contribution is -0.142. The van der Waals surface area contributed by atoms with Gasteiger partial charge in [-0.1, -0.05) is 54.2 Å². The fourth-order valence-corrected chi connectivity index (χ4v) is 4.03. The fraction of sp³-hybridized carbons (Fsp3) is 0.364. The Labute approximate surface area is 206 Å². The van der Waals surface area contributed by atoms with Gasteiger partial charge >= 0.3 is 0 Å². The molecule has 0 fully saturated rings. The maximum absolute atomic E-state index is 13.1. The number of unbranched alkanes of at least 4 members (excludes halogenated alkanes) is 1. The summed E-state index contributed by atoms with van der Waals surface area (Å²) >= 11 is 21.6. The number of nitrogens with one attached hydrogen (secondary N) is 1. The molecule has 0 aromatic heterocycles. The number of hydrogen-bond acceptors (Lipinski definition) is 3. The van der Waals surface area contributed by atoms with Crippen molar-refractivity contribution in [2.24, 2.45) is 0 Å². The number of ether oxygens (including phenoxy) is 1. The number of amides is 2. The van der Waals surface area contributed by atoms with E-state index in [1.165, 1.54) is 4.90 Å². The van der Waals surface area contributed by atoms with Crippen molar-refractivity contribution in [1.29, 1.82) is 0 Å². The van der Waals surface area contributed by atoms with E-state index in [1.807, 2.05) is 6.92 Å². The van der Waals surface area contributed by atoms with Gasteiger partial charge in [-0.25, -0.2) is 0 Å². The van der Waals surface area contributed by atoms with Gasteiger partial charge in [0.15, 0.2) is 6.61 Å². The normalized spacial score (nSPS) is 11.7. The van der Waals surface area contributed by atoms with Gasteiger partial charge in [0.1, 0.15) is 11.8 Å². The Hall–Kier alpha value is -1.47. The molecule has 31 heavy (non-hydrogen) atoms. The van der Waals surface area contributed by atoms with E-state index in [4.69, 9.17) is 39.5 Å². The van der Waals surface area contributed by atoms with Crippen LogP contribution in [0.1, 0.15) is 32.3 Å². The SMILES string of the molecule is CCCCNC(=O)C(C)N(Cc1ccc(Cl)cc1Cl)C(=O)COc1ccc(Cl)cc1Br. The highest BCUT2D eigenvalue weighted by molar-refractivity contribution is 9.10. The Morgan fingerprint density at radius 1 is 1.13 bits per heavy atom. The molecule has 2 aromatic rings. The molecule has 2 aromatic carbocycles. The summed E-state index contributed by atoms with van der Waals surface area (Å²) in [4.78, 5) is 27.1. The zero-order chi connectivity index (χ0) is 23.0. The maximum atomic E-state index is 13.1. The van der Waals surface area contributed by atoms with Crippen LogP contribution in [0.25, 0.3) is 0 Å². The van der Waals surface area contributed by atoms with Crippen LogP contribution in [0.3, 0.4) is 0 Å². The summed E-state index contributed by atoms with van der Waals surface area (Å²) < 4.78 is 6.30. The van der Waals surface area contributed by atoms with Crippen molar-refractivity contribution in [2.75, 3.05) is 13.2 Å². The van der Waals surface area contributed by atoms with Gasteiger partial charge in [0, 0.05) is 28.2 Å². The first-order chi connectivity index (χ1) is 14.7. The lowest BCUT2D eigenvalue weighted by atomic mass is 10.1. The number of rotatable bonds is 10. The molecular formula is C22H24BrCl3N2O3. The quantitative estimate of drug-likeness (QED) is 0.363. The number of halogens is 4. The van der Waals surface area contributed by atoms with Gasteiger partial charge < -0.3 is 15.0 Å². The number of benzene rings is 2. The van der Waals surface area contributed by atoms with Crippen LogP contribution in [0.4, 0.5) is 0 Å². The van der Waals surface area contributed by atoms with E-state index in [2.05, 4.69) is 21.2 Å². The molecule has 1 atom stereocenters. The second-order valence-corrected chi connectivity index (χ2v) is 9.08. The molecule has 0 saturated carbocycles. The van der Waals surface area contributed by atoms with E-state index in [1.54, 1.807) is 43.3 Å². The van der Waals surface area contributed by atoms with E-state index < -0.39 is 6.04 Å². The highest BCUT2D eigenvalue weighted by Crippen LogP contribution is 2.28. The molecule has 2 rings (SSSR count). The Bertz CT molecular complexity index is 927. The molecule has 1 unspecified atom stereocenters. The maximum Gasteiger partial charge on any atom is 0.261 e. The molecule has 0 spiro atoms. The molecule has 168 valence electrons. The summed E-state index contributed by atoms with van der Waals surface area (Å²) in [6.07, 6.45) is 1.82. The third kappa shape index (κ3) is 7.86. The summed E-state index contributed by atoms with van der Waals surface area (Å²) in [6.45, 7) is 4.17. The molecule has 0 aliphatic heterocycles. The Morgan fingerprint density at radius 2 is 1.81 bits per heavy atom. The smallest absolute Gasteiger partial charge is 0.261 e. The molecule has 9 heteroatoms. The molecule has 5 nitrogen and oxygen atoms in total. The van der Waals surface area contributed by atoms with Gasteiger partial charge in [-0.05, 0) is 65.2 Å². The second kappa shape index (κ2) is 12.5. The summed E-state index contributed by atoms with van der Waals surface area (Å²) in [6, 6.07) is 9.34. The minimum absolute atomic E-state index is 0.141. The Kier molecular flexibility index (Phi) is 10.4. The summed E-state index contributed by atoms with van der Waals surface area (Å²) in [7, 11) is 0. The molecule has 0 aliphatic rings.